The number of carbonyl (C=O) groups excluding carboxylic acids is 1. The molecule has 2 aromatic rings. The predicted octanol–water partition coefficient (Wildman–Crippen LogP) is 3.02. The number of halogens is 1. The molecule has 0 bridgehead atoms. The van der Waals surface area contributed by atoms with Gasteiger partial charge in [-0.05, 0) is 53.4 Å². The van der Waals surface area contributed by atoms with Crippen molar-refractivity contribution >= 4 is 22.9 Å². The van der Waals surface area contributed by atoms with Crippen molar-refractivity contribution in [1.82, 2.24) is 5.32 Å². The van der Waals surface area contributed by atoms with Crippen LogP contribution in [0.5, 0.6) is 0 Å². The summed E-state index contributed by atoms with van der Waals surface area (Å²) in [5.74, 6) is -0.966. The van der Waals surface area contributed by atoms with E-state index < -0.39 is 11.7 Å². The Bertz CT molecular complexity index is 622. The number of aryl methyl sites for hydroxylation is 2. The topological polar surface area (TPSA) is 55.1 Å². The zero-order valence-electron chi connectivity index (χ0n) is 10.8. The first kappa shape index (κ1) is 13.5. The van der Waals surface area contributed by atoms with Gasteiger partial charge in [0.2, 0.25) is 0 Å². The Labute approximate surface area is 115 Å². The number of nitrogens with two attached hydrogens (primary N) is 1. The number of thiophene rings is 1. The minimum absolute atomic E-state index is 0.00890. The van der Waals surface area contributed by atoms with Gasteiger partial charge < -0.3 is 11.1 Å². The van der Waals surface area contributed by atoms with Gasteiger partial charge in [0.15, 0.2) is 0 Å². The molecule has 0 atom stereocenters. The maximum Gasteiger partial charge on any atom is 0.254 e. The minimum Gasteiger partial charge on any atom is -0.399 e. The number of nitrogens with one attached hydrogen (secondary N) is 1. The molecule has 0 aliphatic rings. The molecule has 0 aliphatic heterocycles. The molecular formula is C14H15FN2OS. The zero-order valence-corrected chi connectivity index (χ0v) is 11.6. The van der Waals surface area contributed by atoms with E-state index in [1.54, 1.807) is 18.3 Å². The summed E-state index contributed by atoms with van der Waals surface area (Å²) in [7, 11) is 0. The summed E-state index contributed by atoms with van der Waals surface area (Å²) >= 11 is 1.58. The first-order valence-electron chi connectivity index (χ1n) is 5.84. The third-order valence-electron chi connectivity index (χ3n) is 2.92. The van der Waals surface area contributed by atoms with Crippen molar-refractivity contribution in [2.45, 2.75) is 20.4 Å². The second kappa shape index (κ2) is 5.40. The van der Waals surface area contributed by atoms with Gasteiger partial charge in [0.1, 0.15) is 5.82 Å². The maximum atomic E-state index is 13.9. The molecule has 0 spiro atoms. The lowest BCUT2D eigenvalue weighted by atomic mass is 10.1. The summed E-state index contributed by atoms with van der Waals surface area (Å²) in [5, 5.41) is 6.69. The monoisotopic (exact) mass is 278 g/mol. The smallest absolute Gasteiger partial charge is 0.254 e. The van der Waals surface area contributed by atoms with Crippen LogP contribution in [0.15, 0.2) is 22.9 Å². The molecule has 2 rings (SSSR count). The summed E-state index contributed by atoms with van der Waals surface area (Å²) < 4.78 is 13.9. The maximum absolute atomic E-state index is 13.9. The molecular weight excluding hydrogens is 263 g/mol. The summed E-state index contributed by atoms with van der Waals surface area (Å²) in [5.41, 5.74) is 8.55. The first-order valence-corrected chi connectivity index (χ1v) is 6.79. The van der Waals surface area contributed by atoms with Gasteiger partial charge >= 0.3 is 0 Å². The lowest BCUT2D eigenvalue weighted by Crippen LogP contribution is -2.24. The fraction of sp³-hybridized carbons (Fsp3) is 0.214. The van der Waals surface area contributed by atoms with Crippen molar-refractivity contribution in [3.63, 3.8) is 0 Å². The number of rotatable bonds is 3. The van der Waals surface area contributed by atoms with Crippen molar-refractivity contribution in [2.75, 3.05) is 5.73 Å². The fourth-order valence-corrected chi connectivity index (χ4v) is 2.66. The van der Waals surface area contributed by atoms with E-state index in [1.165, 1.54) is 12.1 Å². The second-order valence-corrected chi connectivity index (χ2v) is 5.21. The Morgan fingerprint density at radius 1 is 1.32 bits per heavy atom. The SMILES string of the molecule is Cc1cscc1CNC(=O)c1cc(N)cc(C)c1F. The van der Waals surface area contributed by atoms with Gasteiger partial charge in [0.25, 0.3) is 5.91 Å². The highest BCUT2D eigenvalue weighted by Crippen LogP contribution is 2.18. The average Bonchev–Trinajstić information content (AvgIpc) is 2.76. The van der Waals surface area contributed by atoms with Crippen LogP contribution < -0.4 is 11.1 Å². The number of amides is 1. The predicted molar refractivity (Wildman–Crippen MR) is 75.8 cm³/mol. The van der Waals surface area contributed by atoms with E-state index >= 15 is 0 Å². The Morgan fingerprint density at radius 3 is 2.68 bits per heavy atom. The van der Waals surface area contributed by atoms with Crippen LogP contribution in [0, 0.1) is 19.7 Å². The molecule has 0 aliphatic carbocycles. The van der Waals surface area contributed by atoms with Crippen LogP contribution in [0.1, 0.15) is 27.0 Å². The van der Waals surface area contributed by atoms with Gasteiger partial charge in [-0.25, -0.2) is 4.39 Å². The van der Waals surface area contributed by atoms with Crippen molar-refractivity contribution < 1.29 is 9.18 Å². The summed E-state index contributed by atoms with van der Waals surface area (Å²) in [6.45, 7) is 3.95. The Balaban J connectivity index is 2.15. The average molecular weight is 278 g/mol. The van der Waals surface area contributed by atoms with Gasteiger partial charge in [-0.15, -0.1) is 0 Å². The van der Waals surface area contributed by atoms with Crippen LogP contribution in [0.3, 0.4) is 0 Å². The minimum atomic E-state index is -0.520. The Hall–Kier alpha value is -1.88. The van der Waals surface area contributed by atoms with E-state index in [0.717, 1.165) is 11.1 Å². The lowest BCUT2D eigenvalue weighted by Gasteiger charge is -2.08. The van der Waals surface area contributed by atoms with Crippen molar-refractivity contribution in [2.24, 2.45) is 0 Å². The third-order valence-corrected chi connectivity index (χ3v) is 3.83. The molecule has 0 saturated carbocycles. The van der Waals surface area contributed by atoms with Gasteiger partial charge in [0, 0.05) is 12.2 Å². The van der Waals surface area contributed by atoms with Crippen LogP contribution in [0.2, 0.25) is 0 Å². The molecule has 0 radical (unpaired) electrons. The van der Waals surface area contributed by atoms with Crippen LogP contribution in [0.4, 0.5) is 10.1 Å². The Morgan fingerprint density at radius 2 is 2.05 bits per heavy atom. The molecule has 5 heteroatoms. The fourth-order valence-electron chi connectivity index (χ4n) is 1.80. The van der Waals surface area contributed by atoms with Gasteiger partial charge in [0.05, 0.1) is 5.56 Å². The van der Waals surface area contributed by atoms with Crippen molar-refractivity contribution in [1.29, 1.82) is 0 Å². The molecule has 3 nitrogen and oxygen atoms in total. The molecule has 100 valence electrons. The summed E-state index contributed by atoms with van der Waals surface area (Å²) in [6, 6.07) is 2.87. The summed E-state index contributed by atoms with van der Waals surface area (Å²) in [4.78, 5) is 12.0. The van der Waals surface area contributed by atoms with E-state index in [0.29, 0.717) is 17.8 Å². The standard InChI is InChI=1S/C14H15FN2OS/c1-8-3-11(16)4-12(13(8)15)14(18)17-5-10-7-19-6-9(10)2/h3-4,6-7H,5,16H2,1-2H3,(H,17,18). The highest BCUT2D eigenvalue weighted by atomic mass is 32.1. The van der Waals surface area contributed by atoms with Gasteiger partial charge in [-0.1, -0.05) is 0 Å². The van der Waals surface area contributed by atoms with E-state index in [4.69, 9.17) is 5.73 Å². The van der Waals surface area contributed by atoms with Gasteiger partial charge in [-0.3, -0.25) is 4.79 Å². The highest BCUT2D eigenvalue weighted by molar-refractivity contribution is 7.08. The van der Waals surface area contributed by atoms with E-state index in [-0.39, 0.29) is 5.56 Å². The largest absolute Gasteiger partial charge is 0.399 e. The van der Waals surface area contributed by atoms with E-state index in [2.05, 4.69) is 5.32 Å². The Kier molecular flexibility index (Phi) is 3.85. The molecule has 0 fully saturated rings. The molecule has 0 saturated heterocycles. The van der Waals surface area contributed by atoms with Gasteiger partial charge in [-0.2, -0.15) is 11.3 Å². The van der Waals surface area contributed by atoms with Crippen LogP contribution in [-0.4, -0.2) is 5.91 Å². The molecule has 0 unspecified atom stereocenters. The number of nitrogen functional groups attached to an aromatic ring is 1. The third kappa shape index (κ3) is 2.93. The first-order chi connectivity index (χ1) is 8.99. The highest BCUT2D eigenvalue weighted by Gasteiger charge is 2.14. The quantitative estimate of drug-likeness (QED) is 0.848. The van der Waals surface area contributed by atoms with Crippen LogP contribution in [0.25, 0.3) is 0 Å². The molecule has 3 N–H and O–H groups in total. The number of hydrogen-bond acceptors (Lipinski definition) is 3. The van der Waals surface area contributed by atoms with E-state index in [9.17, 15) is 9.18 Å². The number of hydrogen-bond donors (Lipinski definition) is 2. The van der Waals surface area contributed by atoms with Crippen molar-refractivity contribution in [3.05, 3.63) is 51.0 Å². The molecule has 1 aromatic heterocycles. The number of benzene rings is 1. The van der Waals surface area contributed by atoms with Crippen LogP contribution >= 0.6 is 11.3 Å². The van der Waals surface area contributed by atoms with Crippen molar-refractivity contribution in [3.8, 4) is 0 Å². The van der Waals surface area contributed by atoms with E-state index in [1.807, 2.05) is 17.7 Å². The normalized spacial score (nSPS) is 10.5. The number of carbonyl (C=O) groups is 1. The molecule has 1 amide bonds. The second-order valence-electron chi connectivity index (χ2n) is 4.46. The molecule has 1 aromatic carbocycles. The van der Waals surface area contributed by atoms with Crippen LogP contribution in [-0.2, 0) is 6.54 Å². The molecule has 1 heterocycles. The number of anilines is 1. The molecule has 19 heavy (non-hydrogen) atoms. The lowest BCUT2D eigenvalue weighted by molar-refractivity contribution is 0.0946. The summed E-state index contributed by atoms with van der Waals surface area (Å²) in [6.07, 6.45) is 0. The zero-order chi connectivity index (χ0) is 14.0.